The maximum atomic E-state index is 12.4. The van der Waals surface area contributed by atoms with Crippen LogP contribution in [0.1, 0.15) is 68.9 Å². The smallest absolute Gasteiger partial charge is 0.226 e. The van der Waals surface area contributed by atoms with E-state index < -0.39 is 15.9 Å². The molecule has 3 heterocycles. The molecule has 4 rings (SSSR count). The van der Waals surface area contributed by atoms with E-state index in [1.165, 1.54) is 6.26 Å². The Balaban J connectivity index is 1.83. The third-order valence-electron chi connectivity index (χ3n) is 6.54. The zero-order valence-corrected chi connectivity index (χ0v) is 21.0. The van der Waals surface area contributed by atoms with Gasteiger partial charge in [0.25, 0.3) is 0 Å². The summed E-state index contributed by atoms with van der Waals surface area (Å²) in [4.78, 5) is 16.9. The Hall–Kier alpha value is -2.52. The summed E-state index contributed by atoms with van der Waals surface area (Å²) in [7, 11) is -3.34. The lowest BCUT2D eigenvalue weighted by Gasteiger charge is -2.38. The molecule has 1 N–H and O–H groups in total. The molecule has 33 heavy (non-hydrogen) atoms. The first-order chi connectivity index (χ1) is 15.6. The molecule has 0 amide bonds. The van der Waals surface area contributed by atoms with Crippen LogP contribution in [0.25, 0.3) is 11.0 Å². The lowest BCUT2D eigenvalue weighted by Crippen LogP contribution is -2.42. The Morgan fingerprint density at radius 1 is 1.18 bits per heavy atom. The van der Waals surface area contributed by atoms with E-state index in [2.05, 4.69) is 28.3 Å². The van der Waals surface area contributed by atoms with Crippen LogP contribution in [-0.4, -0.2) is 45.8 Å². The molecule has 2 aromatic heterocycles. The minimum absolute atomic E-state index is 0.0562. The Kier molecular flexibility index (Phi) is 6.22. The van der Waals surface area contributed by atoms with E-state index in [4.69, 9.17) is 9.97 Å². The molecule has 0 fully saturated rings. The second-order valence-electron chi connectivity index (χ2n) is 9.21. The van der Waals surface area contributed by atoms with Crippen LogP contribution in [0.5, 0.6) is 0 Å². The molecule has 3 aromatic rings. The molecule has 0 aliphatic carbocycles. The highest BCUT2D eigenvalue weighted by molar-refractivity contribution is 7.90. The van der Waals surface area contributed by atoms with Gasteiger partial charge in [0.05, 0.1) is 28.1 Å². The number of nitrogens with zero attached hydrogens (tertiary/aromatic N) is 5. The van der Waals surface area contributed by atoms with Crippen LogP contribution >= 0.6 is 0 Å². The average molecular weight is 472 g/mol. The lowest BCUT2D eigenvalue weighted by molar-refractivity contribution is 0.172. The van der Waals surface area contributed by atoms with Crippen molar-refractivity contribution < 1.29 is 13.5 Å². The third-order valence-corrected chi connectivity index (χ3v) is 7.72. The van der Waals surface area contributed by atoms with Gasteiger partial charge >= 0.3 is 0 Å². The van der Waals surface area contributed by atoms with E-state index in [1.54, 1.807) is 12.3 Å². The molecule has 0 radical (unpaired) electrons. The van der Waals surface area contributed by atoms with E-state index in [0.29, 0.717) is 36.8 Å². The summed E-state index contributed by atoms with van der Waals surface area (Å²) in [6.45, 7) is 11.4. The molecule has 2 atom stereocenters. The zero-order chi connectivity index (χ0) is 24.1. The van der Waals surface area contributed by atoms with E-state index >= 15 is 0 Å². The fraction of sp³-hybridized carbons (Fsp3) is 0.542. The van der Waals surface area contributed by atoms with E-state index in [0.717, 1.165) is 33.7 Å². The Morgan fingerprint density at radius 2 is 1.91 bits per heavy atom. The number of benzene rings is 1. The van der Waals surface area contributed by atoms with Gasteiger partial charge in [0, 0.05) is 36.8 Å². The van der Waals surface area contributed by atoms with E-state index in [9.17, 15) is 13.5 Å². The topological polar surface area (TPSA) is 101 Å². The number of aliphatic hydroxyl groups excluding tert-OH is 1. The van der Waals surface area contributed by atoms with Crippen molar-refractivity contribution in [2.45, 2.75) is 71.0 Å². The average Bonchev–Trinajstić information content (AvgIpc) is 3.13. The van der Waals surface area contributed by atoms with Crippen molar-refractivity contribution in [2.24, 2.45) is 5.92 Å². The Labute approximate surface area is 195 Å². The minimum Gasteiger partial charge on any atom is -0.388 e. The molecule has 1 aliphatic heterocycles. The molecular weight excluding hydrogens is 438 g/mol. The molecule has 9 heteroatoms. The molecule has 178 valence electrons. The van der Waals surface area contributed by atoms with Crippen molar-refractivity contribution in [3.8, 4) is 0 Å². The first-order valence-electron chi connectivity index (χ1n) is 11.6. The molecule has 8 nitrogen and oxygen atoms in total. The van der Waals surface area contributed by atoms with Crippen LogP contribution in [-0.2, 0) is 22.8 Å². The molecule has 1 aliphatic rings. The van der Waals surface area contributed by atoms with Gasteiger partial charge in [-0.05, 0) is 43.4 Å². The van der Waals surface area contributed by atoms with Gasteiger partial charge in [0.2, 0.25) is 5.95 Å². The highest BCUT2D eigenvalue weighted by atomic mass is 32.2. The van der Waals surface area contributed by atoms with Crippen molar-refractivity contribution in [1.82, 2.24) is 19.5 Å². The number of anilines is 1. The monoisotopic (exact) mass is 471 g/mol. The van der Waals surface area contributed by atoms with Crippen LogP contribution in [0.15, 0.2) is 23.2 Å². The summed E-state index contributed by atoms with van der Waals surface area (Å²) in [5, 5.41) is 10.2. The lowest BCUT2D eigenvalue weighted by atomic mass is 10.00. The number of aryl methyl sites for hydroxylation is 2. The highest BCUT2D eigenvalue weighted by Crippen LogP contribution is 2.37. The van der Waals surface area contributed by atoms with Gasteiger partial charge in [0.15, 0.2) is 9.84 Å². The van der Waals surface area contributed by atoms with Crippen molar-refractivity contribution >= 4 is 26.8 Å². The predicted octanol–water partition coefficient (Wildman–Crippen LogP) is 3.76. The van der Waals surface area contributed by atoms with Gasteiger partial charge in [-0.2, -0.15) is 0 Å². The summed E-state index contributed by atoms with van der Waals surface area (Å²) in [6.07, 6.45) is 3.66. The fourth-order valence-corrected chi connectivity index (χ4v) is 5.82. The number of fused-ring (bicyclic) bond motifs is 3. The number of rotatable bonds is 6. The number of hydrogen-bond acceptors (Lipinski definition) is 7. The summed E-state index contributed by atoms with van der Waals surface area (Å²) in [5.74, 6) is 1.76. The van der Waals surface area contributed by atoms with Gasteiger partial charge in [0.1, 0.15) is 5.82 Å². The predicted molar refractivity (Wildman–Crippen MR) is 129 cm³/mol. The second-order valence-corrected chi connectivity index (χ2v) is 11.2. The van der Waals surface area contributed by atoms with Crippen molar-refractivity contribution in [3.63, 3.8) is 0 Å². The molecule has 0 spiro atoms. The van der Waals surface area contributed by atoms with Crippen molar-refractivity contribution in [1.29, 1.82) is 0 Å². The van der Waals surface area contributed by atoms with Gasteiger partial charge in [-0.25, -0.2) is 23.4 Å². The van der Waals surface area contributed by atoms with Crippen LogP contribution in [0, 0.1) is 12.8 Å². The molecule has 0 saturated carbocycles. The van der Waals surface area contributed by atoms with Crippen LogP contribution in [0.3, 0.4) is 0 Å². The zero-order valence-electron chi connectivity index (χ0n) is 20.2. The first-order valence-corrected chi connectivity index (χ1v) is 13.5. The number of sulfone groups is 1. The molecule has 0 saturated heterocycles. The number of hydrogen-bond donors (Lipinski definition) is 1. The molecule has 0 bridgehead atoms. The number of imidazole rings is 1. The normalized spacial score (nSPS) is 17.6. The summed E-state index contributed by atoms with van der Waals surface area (Å²) in [6, 6.07) is 3.65. The SMILES string of the molecule is CCc1cc2nc3n(c2cc1S(C)(=O)=O)CCN(c1ncc(C(O)CC)c(C)n1)[C@H]3C(C)C. The number of aromatic nitrogens is 4. The van der Waals surface area contributed by atoms with Gasteiger partial charge in [-0.15, -0.1) is 0 Å². The third kappa shape index (κ3) is 4.12. The maximum Gasteiger partial charge on any atom is 0.226 e. The number of aliphatic hydroxyl groups is 1. The first kappa shape index (κ1) is 23.6. The standard InChI is InChI=1S/C24H33N5O3S/c1-7-16-11-18-19(12-21(16)33(6,31)32)28-9-10-29(22(14(3)4)23(28)27-18)24-25-13-17(15(5)26-24)20(30)8-2/h11-14,20,22,30H,7-10H2,1-6H3/t20?,22-/m0/s1. The van der Waals surface area contributed by atoms with Gasteiger partial charge < -0.3 is 14.6 Å². The second kappa shape index (κ2) is 8.68. The van der Waals surface area contributed by atoms with E-state index in [1.807, 2.05) is 26.8 Å². The van der Waals surface area contributed by atoms with Crippen LogP contribution in [0.2, 0.25) is 0 Å². The van der Waals surface area contributed by atoms with E-state index in [-0.39, 0.29) is 12.0 Å². The largest absolute Gasteiger partial charge is 0.388 e. The van der Waals surface area contributed by atoms with Crippen LogP contribution in [0.4, 0.5) is 5.95 Å². The van der Waals surface area contributed by atoms with Gasteiger partial charge in [-0.3, -0.25) is 0 Å². The Bertz CT molecular complexity index is 1300. The summed E-state index contributed by atoms with van der Waals surface area (Å²) < 4.78 is 27.0. The summed E-state index contributed by atoms with van der Waals surface area (Å²) in [5.41, 5.74) is 4.00. The van der Waals surface area contributed by atoms with Crippen molar-refractivity contribution in [3.05, 3.63) is 41.0 Å². The fourth-order valence-electron chi connectivity index (χ4n) is 4.81. The maximum absolute atomic E-state index is 12.4. The molecular formula is C24H33N5O3S. The highest BCUT2D eigenvalue weighted by Gasteiger charge is 2.35. The molecule has 1 aromatic carbocycles. The quantitative estimate of drug-likeness (QED) is 0.584. The molecule has 1 unspecified atom stereocenters. The van der Waals surface area contributed by atoms with Crippen molar-refractivity contribution in [2.75, 3.05) is 17.7 Å². The van der Waals surface area contributed by atoms with Crippen LogP contribution < -0.4 is 4.90 Å². The van der Waals surface area contributed by atoms with Gasteiger partial charge in [-0.1, -0.05) is 27.7 Å². The Morgan fingerprint density at radius 3 is 2.48 bits per heavy atom. The summed E-state index contributed by atoms with van der Waals surface area (Å²) >= 11 is 0. The minimum atomic E-state index is -3.34.